The van der Waals surface area contributed by atoms with E-state index < -0.39 is 17.9 Å². The van der Waals surface area contributed by atoms with Crippen molar-refractivity contribution in [2.75, 3.05) is 34.0 Å². The second-order valence-corrected chi connectivity index (χ2v) is 11.7. The third-order valence-electron chi connectivity index (χ3n) is 7.73. The van der Waals surface area contributed by atoms with Gasteiger partial charge in [-0.1, -0.05) is 82.7 Å². The smallest absolute Gasteiger partial charge is 0.266 e. The Kier molecular flexibility index (Phi) is 11.6. The van der Waals surface area contributed by atoms with Gasteiger partial charge < -0.3 is 24.1 Å². The molecule has 1 aliphatic rings. The molecular formula is C36H38BrN3O6. The number of benzene rings is 4. The summed E-state index contributed by atoms with van der Waals surface area (Å²) in [5.74, 6) is 0.646. The summed E-state index contributed by atoms with van der Waals surface area (Å²) in [5.41, 5.74) is 9.00. The maximum Gasteiger partial charge on any atom is 0.266 e. The molecule has 9 nitrogen and oxygen atoms in total. The molecule has 1 amide bonds. The van der Waals surface area contributed by atoms with Crippen LogP contribution in [0, 0.1) is 0 Å². The van der Waals surface area contributed by atoms with E-state index in [1.165, 1.54) is 14.2 Å². The van der Waals surface area contributed by atoms with Crippen molar-refractivity contribution in [2.45, 2.75) is 30.8 Å². The number of halogens is 1. The molecular weight excluding hydrogens is 650 g/mol. The monoisotopic (exact) mass is 687 g/mol. The van der Waals surface area contributed by atoms with Crippen molar-refractivity contribution in [3.05, 3.63) is 124 Å². The van der Waals surface area contributed by atoms with E-state index in [1.54, 1.807) is 0 Å². The summed E-state index contributed by atoms with van der Waals surface area (Å²) < 4.78 is 23.9. The summed E-state index contributed by atoms with van der Waals surface area (Å²) in [6.07, 6.45) is -0.498. The number of hydrogen-bond acceptors (Lipinski definition) is 8. The van der Waals surface area contributed by atoms with Crippen molar-refractivity contribution in [1.82, 2.24) is 10.9 Å². The Labute approximate surface area is 277 Å². The van der Waals surface area contributed by atoms with E-state index in [2.05, 4.69) is 38.9 Å². The average molecular weight is 689 g/mol. The van der Waals surface area contributed by atoms with E-state index in [0.29, 0.717) is 30.2 Å². The zero-order valence-electron chi connectivity index (χ0n) is 25.8. The van der Waals surface area contributed by atoms with Crippen LogP contribution in [0.2, 0.25) is 0 Å². The molecule has 3 N–H and O–H groups in total. The van der Waals surface area contributed by atoms with Crippen LogP contribution < -0.4 is 15.6 Å². The minimum Gasteiger partial charge on any atom is -0.494 e. The zero-order valence-corrected chi connectivity index (χ0v) is 27.4. The molecule has 1 heterocycles. The van der Waals surface area contributed by atoms with Gasteiger partial charge in [0.15, 0.2) is 17.9 Å². The largest absolute Gasteiger partial charge is 0.494 e. The summed E-state index contributed by atoms with van der Waals surface area (Å²) >= 11 is 3.51. The highest BCUT2D eigenvalue weighted by Gasteiger charge is 2.53. The molecule has 4 aromatic carbocycles. The van der Waals surface area contributed by atoms with Gasteiger partial charge in [0.1, 0.15) is 5.75 Å². The Bertz CT molecular complexity index is 1580. The van der Waals surface area contributed by atoms with E-state index in [0.717, 1.165) is 26.7 Å². The molecule has 10 heteroatoms. The van der Waals surface area contributed by atoms with E-state index in [-0.39, 0.29) is 25.5 Å². The summed E-state index contributed by atoms with van der Waals surface area (Å²) in [6.45, 7) is 0.689. The number of carbonyl (C=O) groups is 1. The molecule has 5 rings (SSSR count). The van der Waals surface area contributed by atoms with E-state index >= 15 is 0 Å². The lowest BCUT2D eigenvalue weighted by Gasteiger charge is -2.31. The molecule has 0 unspecified atom stereocenters. The lowest BCUT2D eigenvalue weighted by molar-refractivity contribution is -0.131. The summed E-state index contributed by atoms with van der Waals surface area (Å²) in [5, 5.41) is 9.08. The Hall–Kier alpha value is -4.06. The molecule has 2 atom stereocenters. The highest BCUT2D eigenvalue weighted by molar-refractivity contribution is 9.10. The minimum atomic E-state index is -1.38. The molecule has 0 saturated carbocycles. The normalized spacial score (nSPS) is 17.4. The first-order valence-corrected chi connectivity index (χ1v) is 15.8. The van der Waals surface area contributed by atoms with Gasteiger partial charge in [-0.05, 0) is 58.7 Å². The predicted octanol–water partition coefficient (Wildman–Crippen LogP) is 5.62. The quantitative estimate of drug-likeness (QED) is 0.0846. The van der Waals surface area contributed by atoms with E-state index in [4.69, 9.17) is 29.0 Å². The number of aliphatic imine (C=N–C) groups is 1. The first-order chi connectivity index (χ1) is 22.5. The van der Waals surface area contributed by atoms with Gasteiger partial charge in [0, 0.05) is 43.7 Å². The number of rotatable bonds is 15. The van der Waals surface area contributed by atoms with Gasteiger partial charge >= 0.3 is 0 Å². The lowest BCUT2D eigenvalue weighted by atomic mass is 9.82. The lowest BCUT2D eigenvalue weighted by Crippen LogP contribution is -2.55. The molecule has 240 valence electrons. The van der Waals surface area contributed by atoms with Crippen molar-refractivity contribution in [3.63, 3.8) is 0 Å². The molecule has 4 aromatic rings. The Morgan fingerprint density at radius 3 is 2.22 bits per heavy atom. The highest BCUT2D eigenvalue weighted by Crippen LogP contribution is 2.43. The van der Waals surface area contributed by atoms with Crippen LogP contribution >= 0.6 is 15.9 Å². The van der Waals surface area contributed by atoms with Gasteiger partial charge in [-0.2, -0.15) is 0 Å². The maximum atomic E-state index is 14.4. The van der Waals surface area contributed by atoms with Crippen molar-refractivity contribution in [3.8, 4) is 16.9 Å². The first-order valence-electron chi connectivity index (χ1n) is 15.0. The van der Waals surface area contributed by atoms with Gasteiger partial charge in [-0.15, -0.1) is 0 Å². The fraction of sp³-hybridized carbons (Fsp3) is 0.278. The topological polar surface area (TPSA) is 111 Å². The molecule has 0 fully saturated rings. The van der Waals surface area contributed by atoms with Gasteiger partial charge in [0.2, 0.25) is 5.90 Å². The predicted molar refractivity (Wildman–Crippen MR) is 180 cm³/mol. The van der Waals surface area contributed by atoms with Gasteiger partial charge in [-0.25, -0.2) is 10.4 Å². The van der Waals surface area contributed by atoms with Crippen LogP contribution in [0.15, 0.2) is 113 Å². The second-order valence-electron chi connectivity index (χ2n) is 10.8. The number of carbonyl (C=O) groups excluding carboxylic acids is 1. The third-order valence-corrected chi connectivity index (χ3v) is 8.26. The number of nitrogens with one attached hydrogen (secondary N) is 2. The van der Waals surface area contributed by atoms with Crippen LogP contribution in [-0.2, 0) is 25.4 Å². The average Bonchev–Trinajstić information content (AvgIpc) is 3.49. The molecule has 0 saturated heterocycles. The van der Waals surface area contributed by atoms with E-state index in [9.17, 15) is 4.79 Å². The summed E-state index contributed by atoms with van der Waals surface area (Å²) in [6, 6.07) is 33.4. The third kappa shape index (κ3) is 8.01. The van der Waals surface area contributed by atoms with Crippen molar-refractivity contribution >= 4 is 27.7 Å². The maximum absolute atomic E-state index is 14.4. The number of aliphatic hydroxyl groups excluding tert-OH is 1. The van der Waals surface area contributed by atoms with Crippen LogP contribution in [0.25, 0.3) is 11.1 Å². The number of hydrogen-bond donors (Lipinski definition) is 3. The van der Waals surface area contributed by atoms with Crippen LogP contribution in [-0.4, -0.2) is 62.7 Å². The van der Waals surface area contributed by atoms with Gasteiger partial charge in [-0.3, -0.25) is 10.2 Å². The number of nitrogens with zero attached hydrogens (tertiary/aromatic N) is 1. The summed E-state index contributed by atoms with van der Waals surface area (Å²) in [4.78, 5) is 19.4. The SMILES string of the molecule is COC(CNNC(=O)[C@@]1(Cc2ccc(Br)cc2)N=C(c2ccc(OCCCO)cc2)O[C@H]1c1ccc(-c2ccccc2)cc1)OC. The van der Waals surface area contributed by atoms with Gasteiger partial charge in [0.05, 0.1) is 13.2 Å². The van der Waals surface area contributed by atoms with E-state index in [1.807, 2.05) is 91.0 Å². The fourth-order valence-electron chi connectivity index (χ4n) is 5.26. The highest BCUT2D eigenvalue weighted by atomic mass is 79.9. The van der Waals surface area contributed by atoms with Crippen LogP contribution in [0.5, 0.6) is 5.75 Å². The zero-order chi connectivity index (χ0) is 32.4. The van der Waals surface area contributed by atoms with Crippen LogP contribution in [0.4, 0.5) is 0 Å². The fourth-order valence-corrected chi connectivity index (χ4v) is 5.53. The minimum absolute atomic E-state index is 0.0609. The Morgan fingerprint density at radius 1 is 0.913 bits per heavy atom. The van der Waals surface area contributed by atoms with Crippen molar-refractivity contribution < 1.29 is 28.8 Å². The molecule has 0 aromatic heterocycles. The summed E-state index contributed by atoms with van der Waals surface area (Å²) in [7, 11) is 3.07. The number of amides is 1. The standard InChI is InChI=1S/C36H38BrN3O6/c1-43-32(44-2)24-38-40-35(42)36(23-25-9-17-30(37)18-10-25)33(28-13-11-27(12-14-28)26-7-4-3-5-8-26)46-34(39-36)29-15-19-31(20-16-29)45-22-6-21-41/h3-5,7-20,32-33,38,41H,6,21-24H2,1-2H3,(H,40,42)/t33-,36-/m0/s1. The molecule has 0 aliphatic carbocycles. The molecule has 0 bridgehead atoms. The number of hydrazine groups is 1. The first kappa shape index (κ1) is 33.3. The molecule has 0 spiro atoms. The molecule has 1 aliphatic heterocycles. The van der Waals surface area contributed by atoms with Crippen molar-refractivity contribution in [1.29, 1.82) is 0 Å². The van der Waals surface area contributed by atoms with Crippen molar-refractivity contribution in [2.24, 2.45) is 4.99 Å². The number of methoxy groups -OCH3 is 2. The number of ether oxygens (including phenoxy) is 4. The van der Waals surface area contributed by atoms with Crippen LogP contribution in [0.3, 0.4) is 0 Å². The van der Waals surface area contributed by atoms with Crippen LogP contribution in [0.1, 0.15) is 29.2 Å². The molecule has 46 heavy (non-hydrogen) atoms. The Morgan fingerprint density at radius 2 is 1.57 bits per heavy atom. The van der Waals surface area contributed by atoms with Gasteiger partial charge in [0.25, 0.3) is 5.91 Å². The Balaban J connectivity index is 1.54. The number of aliphatic hydroxyl groups is 1. The molecule has 0 radical (unpaired) electrons. The second kappa shape index (κ2) is 16.0.